The second kappa shape index (κ2) is 7.87. The zero-order valence-electron chi connectivity index (χ0n) is 15.8. The third kappa shape index (κ3) is 4.00. The van der Waals surface area contributed by atoms with E-state index in [-0.39, 0.29) is 24.4 Å². The van der Waals surface area contributed by atoms with Crippen LogP contribution >= 0.6 is 11.3 Å². The van der Waals surface area contributed by atoms with Crippen molar-refractivity contribution >= 4 is 34.3 Å². The van der Waals surface area contributed by atoms with Crippen molar-refractivity contribution < 1.29 is 14.1 Å². The second-order valence-electron chi connectivity index (χ2n) is 6.52. The Morgan fingerprint density at radius 1 is 1.37 bits per heavy atom. The number of fused-ring (bicyclic) bond motifs is 1. The highest BCUT2D eigenvalue weighted by Gasteiger charge is 2.24. The normalized spacial score (nSPS) is 11.1. The lowest BCUT2D eigenvalue weighted by atomic mass is 10.1. The van der Waals surface area contributed by atoms with E-state index in [4.69, 9.17) is 4.52 Å². The monoisotopic (exact) mass is 386 g/mol. The standard InChI is InChI=1S/C19H22N4O3S/c1-5-23(10-16(24)20-11(2)3)19(25)13-9-14(15-7-6-8-27-15)21-18-17(13)12(4)22-26-18/h6-9,11H,5,10H2,1-4H3,(H,20,24). The first-order valence-electron chi connectivity index (χ1n) is 8.80. The number of carbonyl (C=O) groups is 2. The molecule has 0 bridgehead atoms. The molecule has 0 aromatic carbocycles. The summed E-state index contributed by atoms with van der Waals surface area (Å²) in [4.78, 5) is 32.3. The molecule has 3 aromatic rings. The maximum Gasteiger partial charge on any atom is 0.259 e. The van der Waals surface area contributed by atoms with Crippen LogP contribution in [0.3, 0.4) is 0 Å². The summed E-state index contributed by atoms with van der Waals surface area (Å²) < 4.78 is 5.32. The number of aromatic nitrogens is 2. The van der Waals surface area contributed by atoms with Crippen LogP contribution in [0.2, 0.25) is 0 Å². The number of nitrogens with zero attached hydrogens (tertiary/aromatic N) is 3. The lowest BCUT2D eigenvalue weighted by Gasteiger charge is -2.21. The first-order valence-corrected chi connectivity index (χ1v) is 9.68. The quantitative estimate of drug-likeness (QED) is 0.702. The smallest absolute Gasteiger partial charge is 0.259 e. The molecule has 0 aliphatic rings. The summed E-state index contributed by atoms with van der Waals surface area (Å²) in [5.74, 6) is -0.432. The van der Waals surface area contributed by atoms with Crippen LogP contribution < -0.4 is 5.32 Å². The highest BCUT2D eigenvalue weighted by atomic mass is 32.1. The summed E-state index contributed by atoms with van der Waals surface area (Å²) in [5.41, 5.74) is 2.02. The van der Waals surface area contributed by atoms with Crippen molar-refractivity contribution in [1.29, 1.82) is 0 Å². The van der Waals surface area contributed by atoms with Crippen molar-refractivity contribution in [2.75, 3.05) is 13.1 Å². The molecule has 3 rings (SSSR count). The maximum absolute atomic E-state index is 13.2. The average molecular weight is 386 g/mol. The van der Waals surface area contributed by atoms with Crippen LogP contribution in [0.5, 0.6) is 0 Å². The van der Waals surface area contributed by atoms with Gasteiger partial charge in [0.05, 0.1) is 33.8 Å². The van der Waals surface area contributed by atoms with Gasteiger partial charge in [-0.15, -0.1) is 11.3 Å². The number of hydrogen-bond acceptors (Lipinski definition) is 6. The van der Waals surface area contributed by atoms with Gasteiger partial charge in [-0.2, -0.15) is 0 Å². The van der Waals surface area contributed by atoms with Gasteiger partial charge in [0.2, 0.25) is 5.91 Å². The molecule has 0 aliphatic heterocycles. The largest absolute Gasteiger partial charge is 0.352 e. The third-order valence-corrected chi connectivity index (χ3v) is 4.97. The number of carbonyl (C=O) groups excluding carboxylic acids is 2. The zero-order valence-corrected chi connectivity index (χ0v) is 16.6. The molecule has 0 saturated carbocycles. The second-order valence-corrected chi connectivity index (χ2v) is 7.47. The summed E-state index contributed by atoms with van der Waals surface area (Å²) in [6.07, 6.45) is 0. The van der Waals surface area contributed by atoms with Crippen LogP contribution in [0.25, 0.3) is 21.7 Å². The van der Waals surface area contributed by atoms with E-state index in [1.165, 1.54) is 16.2 Å². The maximum atomic E-state index is 13.2. The van der Waals surface area contributed by atoms with Crippen molar-refractivity contribution in [2.24, 2.45) is 0 Å². The lowest BCUT2D eigenvalue weighted by molar-refractivity contribution is -0.122. The molecule has 8 heteroatoms. The summed E-state index contributed by atoms with van der Waals surface area (Å²) in [6, 6.07) is 5.63. The van der Waals surface area contributed by atoms with Gasteiger partial charge >= 0.3 is 0 Å². The van der Waals surface area contributed by atoms with Crippen LogP contribution in [0.15, 0.2) is 28.1 Å². The van der Waals surface area contributed by atoms with E-state index in [0.717, 1.165) is 4.88 Å². The van der Waals surface area contributed by atoms with E-state index in [1.54, 1.807) is 13.0 Å². The Hall–Kier alpha value is -2.74. The average Bonchev–Trinajstić information content (AvgIpc) is 3.28. The number of hydrogen-bond donors (Lipinski definition) is 1. The number of rotatable bonds is 6. The van der Waals surface area contributed by atoms with Crippen LogP contribution in [-0.4, -0.2) is 46.0 Å². The van der Waals surface area contributed by atoms with E-state index in [9.17, 15) is 9.59 Å². The van der Waals surface area contributed by atoms with Crippen LogP contribution in [0.4, 0.5) is 0 Å². The molecule has 0 aliphatic carbocycles. The first-order chi connectivity index (χ1) is 12.9. The Balaban J connectivity index is 2.01. The van der Waals surface area contributed by atoms with E-state index in [0.29, 0.717) is 34.6 Å². The van der Waals surface area contributed by atoms with Gasteiger partial charge in [-0.25, -0.2) is 4.98 Å². The van der Waals surface area contributed by atoms with E-state index in [1.807, 2.05) is 38.3 Å². The fraction of sp³-hybridized carbons (Fsp3) is 0.368. The summed E-state index contributed by atoms with van der Waals surface area (Å²) in [7, 11) is 0. The molecule has 2 amide bonds. The molecule has 7 nitrogen and oxygen atoms in total. The van der Waals surface area contributed by atoms with Gasteiger partial charge in [-0.05, 0) is 45.2 Å². The number of thiophene rings is 1. The van der Waals surface area contributed by atoms with Gasteiger partial charge in [0, 0.05) is 12.6 Å². The highest BCUT2D eigenvalue weighted by Crippen LogP contribution is 2.30. The molecule has 0 saturated heterocycles. The van der Waals surface area contributed by atoms with Crippen molar-refractivity contribution in [3.8, 4) is 10.6 Å². The van der Waals surface area contributed by atoms with Gasteiger partial charge in [-0.1, -0.05) is 11.2 Å². The Bertz CT molecular complexity index is 963. The molecule has 0 spiro atoms. The predicted octanol–water partition coefficient (Wildman–Crippen LogP) is 3.25. The number of aryl methyl sites for hydroxylation is 1. The molecule has 3 heterocycles. The number of nitrogens with one attached hydrogen (secondary N) is 1. The number of amides is 2. The van der Waals surface area contributed by atoms with E-state index in [2.05, 4.69) is 15.5 Å². The lowest BCUT2D eigenvalue weighted by Crippen LogP contribution is -2.42. The molecule has 27 heavy (non-hydrogen) atoms. The van der Waals surface area contributed by atoms with Gasteiger partial charge < -0.3 is 14.7 Å². The summed E-state index contributed by atoms with van der Waals surface area (Å²) in [5, 5.41) is 9.31. The Labute approximate surface area is 161 Å². The Kier molecular flexibility index (Phi) is 5.55. The fourth-order valence-corrected chi connectivity index (χ4v) is 3.54. The SMILES string of the molecule is CCN(CC(=O)NC(C)C)C(=O)c1cc(-c2cccs2)nc2onc(C)c12. The summed E-state index contributed by atoms with van der Waals surface area (Å²) in [6.45, 7) is 7.80. The molecule has 0 atom stereocenters. The molecule has 0 fully saturated rings. The molecular formula is C19H22N4O3S. The third-order valence-electron chi connectivity index (χ3n) is 4.07. The van der Waals surface area contributed by atoms with Crippen molar-refractivity contribution in [3.05, 3.63) is 34.8 Å². The van der Waals surface area contributed by atoms with Crippen molar-refractivity contribution in [3.63, 3.8) is 0 Å². The van der Waals surface area contributed by atoms with E-state index >= 15 is 0 Å². The van der Waals surface area contributed by atoms with Crippen molar-refractivity contribution in [1.82, 2.24) is 20.4 Å². The highest BCUT2D eigenvalue weighted by molar-refractivity contribution is 7.13. The molecular weight excluding hydrogens is 364 g/mol. The zero-order chi connectivity index (χ0) is 19.6. The molecule has 142 valence electrons. The van der Waals surface area contributed by atoms with Gasteiger partial charge in [0.25, 0.3) is 11.6 Å². The van der Waals surface area contributed by atoms with Gasteiger partial charge in [-0.3, -0.25) is 9.59 Å². The Morgan fingerprint density at radius 3 is 2.78 bits per heavy atom. The van der Waals surface area contributed by atoms with Crippen molar-refractivity contribution in [2.45, 2.75) is 33.7 Å². The minimum Gasteiger partial charge on any atom is -0.352 e. The van der Waals surface area contributed by atoms with E-state index < -0.39 is 0 Å². The number of pyridine rings is 1. The number of likely N-dealkylation sites (N-methyl/N-ethyl adjacent to an activating group) is 1. The minimum atomic E-state index is -0.243. The van der Waals surface area contributed by atoms with Crippen LogP contribution in [-0.2, 0) is 4.79 Å². The van der Waals surface area contributed by atoms with Gasteiger partial charge in [0.1, 0.15) is 0 Å². The molecule has 1 N–H and O–H groups in total. The topological polar surface area (TPSA) is 88.3 Å². The predicted molar refractivity (Wildman–Crippen MR) is 105 cm³/mol. The molecule has 0 unspecified atom stereocenters. The molecule has 3 aromatic heterocycles. The van der Waals surface area contributed by atoms with Crippen LogP contribution in [0.1, 0.15) is 36.8 Å². The minimum absolute atomic E-state index is 0.00398. The van der Waals surface area contributed by atoms with Crippen LogP contribution in [0, 0.1) is 6.92 Å². The van der Waals surface area contributed by atoms with Gasteiger partial charge in [0.15, 0.2) is 0 Å². The molecule has 0 radical (unpaired) electrons. The summed E-state index contributed by atoms with van der Waals surface area (Å²) >= 11 is 1.53. The Morgan fingerprint density at radius 2 is 2.15 bits per heavy atom. The first kappa shape index (κ1) is 19.0. The fourth-order valence-electron chi connectivity index (χ4n) is 2.85.